The average Bonchev–Trinajstić information content (AvgIpc) is 3.20. The van der Waals surface area contributed by atoms with Gasteiger partial charge in [0.15, 0.2) is 0 Å². The van der Waals surface area contributed by atoms with Crippen molar-refractivity contribution in [1.29, 1.82) is 0 Å². The Labute approximate surface area is 106 Å². The molecule has 1 amide bonds. The van der Waals surface area contributed by atoms with Gasteiger partial charge < -0.3 is 5.32 Å². The molecule has 1 aromatic rings. The number of aromatic nitrogens is 2. The fourth-order valence-electron chi connectivity index (χ4n) is 1.82. The molecule has 0 saturated heterocycles. The van der Waals surface area contributed by atoms with Gasteiger partial charge in [0.05, 0.1) is 5.69 Å². The van der Waals surface area contributed by atoms with Crippen LogP contribution in [0.4, 0.5) is 0 Å². The molecule has 0 radical (unpaired) electrons. The Bertz CT molecular complexity index is 491. The van der Waals surface area contributed by atoms with E-state index in [9.17, 15) is 9.59 Å². The Balaban J connectivity index is 2.17. The molecule has 98 valence electrons. The molecule has 5 nitrogen and oxygen atoms in total. The Morgan fingerprint density at radius 2 is 2.28 bits per heavy atom. The van der Waals surface area contributed by atoms with E-state index in [1.807, 2.05) is 6.92 Å². The van der Waals surface area contributed by atoms with Gasteiger partial charge >= 0.3 is 0 Å². The second-order valence-corrected chi connectivity index (χ2v) is 4.78. The Morgan fingerprint density at radius 3 is 2.89 bits per heavy atom. The maximum Gasteiger partial charge on any atom is 0.267 e. The lowest BCUT2D eigenvalue weighted by Gasteiger charge is -2.14. The van der Waals surface area contributed by atoms with E-state index in [0.29, 0.717) is 12.5 Å². The number of nitrogens with zero attached hydrogens (tertiary/aromatic N) is 2. The zero-order chi connectivity index (χ0) is 13.1. The molecular formula is C13H19N3O2. The second kappa shape index (κ2) is 5.33. The lowest BCUT2D eigenvalue weighted by Crippen LogP contribution is -2.37. The van der Waals surface area contributed by atoms with Crippen molar-refractivity contribution in [3.05, 3.63) is 28.2 Å². The molecule has 1 saturated carbocycles. The number of nitrogens with one attached hydrogen (secondary N) is 1. The summed E-state index contributed by atoms with van der Waals surface area (Å²) < 4.78 is 1.29. The van der Waals surface area contributed by atoms with Crippen LogP contribution in [0.1, 0.15) is 50.8 Å². The topological polar surface area (TPSA) is 64.0 Å². The molecule has 2 rings (SSSR count). The summed E-state index contributed by atoms with van der Waals surface area (Å²) in [6, 6.07) is 2.72. The highest BCUT2D eigenvalue weighted by molar-refractivity contribution is 5.79. The van der Waals surface area contributed by atoms with Crippen molar-refractivity contribution < 1.29 is 4.79 Å². The smallest absolute Gasteiger partial charge is 0.267 e. The van der Waals surface area contributed by atoms with Gasteiger partial charge in [0.25, 0.3) is 5.56 Å². The molecule has 1 heterocycles. The summed E-state index contributed by atoms with van der Waals surface area (Å²) in [4.78, 5) is 23.6. The summed E-state index contributed by atoms with van der Waals surface area (Å²) in [6.45, 7) is 4.32. The molecule has 1 aliphatic carbocycles. The van der Waals surface area contributed by atoms with Gasteiger partial charge in [-0.2, -0.15) is 5.10 Å². The first-order valence-corrected chi connectivity index (χ1v) is 6.51. The fraction of sp³-hybridized carbons (Fsp3) is 0.615. The number of carbonyl (C=O) groups is 1. The molecule has 0 aliphatic heterocycles. The highest BCUT2D eigenvalue weighted by atomic mass is 16.2. The molecule has 1 N–H and O–H groups in total. The molecule has 1 fully saturated rings. The van der Waals surface area contributed by atoms with Crippen molar-refractivity contribution in [3.63, 3.8) is 0 Å². The van der Waals surface area contributed by atoms with Crippen LogP contribution in [0.2, 0.25) is 0 Å². The summed E-state index contributed by atoms with van der Waals surface area (Å²) in [5.41, 5.74) is 0.697. The van der Waals surface area contributed by atoms with E-state index in [2.05, 4.69) is 10.4 Å². The van der Waals surface area contributed by atoms with E-state index in [-0.39, 0.29) is 11.5 Å². The van der Waals surface area contributed by atoms with E-state index < -0.39 is 6.04 Å². The molecule has 1 unspecified atom stereocenters. The third-order valence-corrected chi connectivity index (χ3v) is 3.14. The van der Waals surface area contributed by atoms with Crippen molar-refractivity contribution in [3.8, 4) is 0 Å². The zero-order valence-corrected chi connectivity index (χ0v) is 10.8. The maximum absolute atomic E-state index is 11.8. The van der Waals surface area contributed by atoms with Crippen LogP contribution in [0.15, 0.2) is 16.9 Å². The Hall–Kier alpha value is -1.65. The van der Waals surface area contributed by atoms with Crippen LogP contribution in [0, 0.1) is 0 Å². The minimum atomic E-state index is -0.553. The van der Waals surface area contributed by atoms with Crippen LogP contribution in [-0.4, -0.2) is 22.2 Å². The van der Waals surface area contributed by atoms with Crippen LogP contribution < -0.4 is 10.9 Å². The molecule has 0 spiro atoms. The van der Waals surface area contributed by atoms with E-state index >= 15 is 0 Å². The molecule has 18 heavy (non-hydrogen) atoms. The van der Waals surface area contributed by atoms with Crippen LogP contribution in [-0.2, 0) is 4.79 Å². The summed E-state index contributed by atoms with van der Waals surface area (Å²) in [7, 11) is 0. The largest absolute Gasteiger partial charge is 0.354 e. The minimum absolute atomic E-state index is 0.153. The zero-order valence-electron chi connectivity index (χ0n) is 10.8. The number of hydrogen-bond acceptors (Lipinski definition) is 3. The van der Waals surface area contributed by atoms with Gasteiger partial charge in [-0.3, -0.25) is 9.59 Å². The third-order valence-electron chi connectivity index (χ3n) is 3.14. The van der Waals surface area contributed by atoms with Gasteiger partial charge in [-0.05, 0) is 32.3 Å². The monoisotopic (exact) mass is 249 g/mol. The summed E-state index contributed by atoms with van der Waals surface area (Å²) in [5.74, 6) is 0.321. The van der Waals surface area contributed by atoms with Gasteiger partial charge in [0, 0.05) is 18.5 Å². The second-order valence-electron chi connectivity index (χ2n) is 4.78. The van der Waals surface area contributed by atoms with Crippen molar-refractivity contribution in [2.24, 2.45) is 0 Å². The first-order chi connectivity index (χ1) is 8.63. The van der Waals surface area contributed by atoms with Crippen molar-refractivity contribution in [2.45, 2.75) is 45.1 Å². The van der Waals surface area contributed by atoms with Crippen molar-refractivity contribution >= 4 is 5.91 Å². The fourth-order valence-corrected chi connectivity index (χ4v) is 1.82. The number of hydrogen-bond donors (Lipinski definition) is 1. The van der Waals surface area contributed by atoms with E-state index in [1.54, 1.807) is 13.0 Å². The van der Waals surface area contributed by atoms with Gasteiger partial charge in [0.1, 0.15) is 6.04 Å². The lowest BCUT2D eigenvalue weighted by atomic mass is 10.2. The number of amides is 1. The van der Waals surface area contributed by atoms with Gasteiger partial charge in [-0.1, -0.05) is 6.92 Å². The summed E-state index contributed by atoms with van der Waals surface area (Å²) >= 11 is 0. The van der Waals surface area contributed by atoms with Crippen LogP contribution >= 0.6 is 0 Å². The average molecular weight is 249 g/mol. The van der Waals surface area contributed by atoms with Crippen molar-refractivity contribution in [1.82, 2.24) is 15.1 Å². The predicted molar refractivity (Wildman–Crippen MR) is 68.5 cm³/mol. The molecule has 1 atom stereocenters. The Morgan fingerprint density at radius 1 is 1.56 bits per heavy atom. The van der Waals surface area contributed by atoms with Crippen LogP contribution in [0.25, 0.3) is 0 Å². The van der Waals surface area contributed by atoms with Crippen molar-refractivity contribution in [2.75, 3.05) is 6.54 Å². The SMILES string of the molecule is CCCNC(=O)C(C)n1nc(C2CC2)ccc1=O. The van der Waals surface area contributed by atoms with Gasteiger partial charge in [-0.15, -0.1) is 0 Å². The molecule has 0 aromatic carbocycles. The number of rotatable bonds is 5. The van der Waals surface area contributed by atoms with Crippen LogP contribution in [0.5, 0.6) is 0 Å². The van der Waals surface area contributed by atoms with Gasteiger partial charge in [0.2, 0.25) is 5.91 Å². The standard InChI is InChI=1S/C13H19N3O2/c1-3-8-14-13(18)9(2)16-12(17)7-6-11(15-16)10-4-5-10/h6-7,9-10H,3-5,8H2,1-2H3,(H,14,18). The molecule has 0 bridgehead atoms. The van der Waals surface area contributed by atoms with E-state index in [1.165, 1.54) is 10.7 Å². The maximum atomic E-state index is 11.8. The lowest BCUT2D eigenvalue weighted by molar-refractivity contribution is -0.124. The van der Waals surface area contributed by atoms with E-state index in [4.69, 9.17) is 0 Å². The van der Waals surface area contributed by atoms with Crippen LogP contribution in [0.3, 0.4) is 0 Å². The molecule has 1 aliphatic rings. The first-order valence-electron chi connectivity index (χ1n) is 6.51. The normalized spacial score (nSPS) is 16.3. The minimum Gasteiger partial charge on any atom is -0.354 e. The predicted octanol–water partition coefficient (Wildman–Crippen LogP) is 1.21. The van der Waals surface area contributed by atoms with E-state index in [0.717, 1.165) is 25.0 Å². The highest BCUT2D eigenvalue weighted by Crippen LogP contribution is 2.38. The Kier molecular flexibility index (Phi) is 3.79. The summed E-state index contributed by atoms with van der Waals surface area (Å²) in [6.07, 6.45) is 3.13. The summed E-state index contributed by atoms with van der Waals surface area (Å²) in [5, 5.41) is 7.09. The van der Waals surface area contributed by atoms with Gasteiger partial charge in [-0.25, -0.2) is 4.68 Å². The molecule has 5 heteroatoms. The first kappa shape index (κ1) is 12.8. The highest BCUT2D eigenvalue weighted by Gasteiger charge is 2.26. The molecule has 1 aromatic heterocycles. The molecular weight excluding hydrogens is 230 g/mol. The third kappa shape index (κ3) is 2.78. The number of carbonyl (C=O) groups excluding carboxylic acids is 1. The quantitative estimate of drug-likeness (QED) is 0.853.